The summed E-state index contributed by atoms with van der Waals surface area (Å²) in [5, 5.41) is 2.95. The molecule has 1 N–H and O–H groups in total. The number of ether oxygens (including phenoxy) is 1. The number of carbonyl (C=O) groups is 2. The largest absolute Gasteiger partial charge is 0.494 e. The van der Waals surface area contributed by atoms with Crippen molar-refractivity contribution >= 4 is 11.8 Å². The first kappa shape index (κ1) is 19.2. The summed E-state index contributed by atoms with van der Waals surface area (Å²) >= 11 is 0. The van der Waals surface area contributed by atoms with Crippen molar-refractivity contribution in [2.75, 3.05) is 39.8 Å². The zero-order valence-electron chi connectivity index (χ0n) is 15.2. The maximum Gasteiger partial charge on any atom is 0.236 e. The lowest BCUT2D eigenvalue weighted by atomic mass is 10.1. The first-order valence-corrected chi connectivity index (χ1v) is 8.96. The van der Waals surface area contributed by atoms with Gasteiger partial charge < -0.3 is 15.0 Å². The van der Waals surface area contributed by atoms with Gasteiger partial charge in [-0.05, 0) is 37.9 Å². The molecule has 0 saturated carbocycles. The van der Waals surface area contributed by atoms with Crippen molar-refractivity contribution in [2.24, 2.45) is 0 Å². The van der Waals surface area contributed by atoms with Crippen LogP contribution in [0.25, 0.3) is 0 Å². The van der Waals surface area contributed by atoms with Gasteiger partial charge in [-0.2, -0.15) is 0 Å². The van der Waals surface area contributed by atoms with Gasteiger partial charge >= 0.3 is 0 Å². The first-order chi connectivity index (χ1) is 12.0. The zero-order chi connectivity index (χ0) is 18.1. The smallest absolute Gasteiger partial charge is 0.236 e. The quantitative estimate of drug-likeness (QED) is 0.724. The number of nitrogens with zero attached hydrogens (tertiary/aromatic N) is 2. The Labute approximate surface area is 150 Å². The number of likely N-dealkylation sites (N-methyl/N-ethyl adjacent to an activating group) is 1. The number of likely N-dealkylation sites (tertiary alicyclic amines) is 1. The topological polar surface area (TPSA) is 61.9 Å². The van der Waals surface area contributed by atoms with Crippen LogP contribution in [0.5, 0.6) is 5.75 Å². The molecule has 1 aromatic carbocycles. The van der Waals surface area contributed by atoms with Crippen molar-refractivity contribution in [2.45, 2.75) is 32.2 Å². The van der Waals surface area contributed by atoms with Gasteiger partial charge in [0.25, 0.3) is 0 Å². The van der Waals surface area contributed by atoms with Gasteiger partial charge in [-0.3, -0.25) is 14.5 Å². The molecule has 1 aliphatic heterocycles. The molecule has 1 atom stereocenters. The second-order valence-corrected chi connectivity index (χ2v) is 6.61. The van der Waals surface area contributed by atoms with E-state index in [4.69, 9.17) is 4.74 Å². The van der Waals surface area contributed by atoms with E-state index in [9.17, 15) is 9.59 Å². The molecule has 0 aromatic heterocycles. The standard InChI is InChI=1S/C19H29N3O3/c1-16(23)20-17-8-6-12-22(14-17)15-19(24)21(2)11-7-13-25-18-9-4-3-5-10-18/h3-5,9-10,17H,6-8,11-15H2,1-2H3,(H,20,23). The summed E-state index contributed by atoms with van der Waals surface area (Å²) in [5.41, 5.74) is 0. The van der Waals surface area contributed by atoms with Gasteiger partial charge in [-0.1, -0.05) is 18.2 Å². The van der Waals surface area contributed by atoms with E-state index < -0.39 is 0 Å². The monoisotopic (exact) mass is 347 g/mol. The Morgan fingerprint density at radius 2 is 2.08 bits per heavy atom. The van der Waals surface area contributed by atoms with Crippen molar-refractivity contribution in [3.8, 4) is 5.75 Å². The van der Waals surface area contributed by atoms with Crippen molar-refractivity contribution in [1.29, 1.82) is 0 Å². The number of para-hydroxylation sites is 1. The van der Waals surface area contributed by atoms with E-state index in [2.05, 4.69) is 10.2 Å². The Bertz CT molecular complexity index is 550. The van der Waals surface area contributed by atoms with Crippen LogP contribution in [0.2, 0.25) is 0 Å². The summed E-state index contributed by atoms with van der Waals surface area (Å²) in [6.45, 7) is 4.87. The number of carbonyl (C=O) groups excluding carboxylic acids is 2. The zero-order valence-corrected chi connectivity index (χ0v) is 15.2. The van der Waals surface area contributed by atoms with E-state index in [-0.39, 0.29) is 17.9 Å². The van der Waals surface area contributed by atoms with Crippen molar-refractivity contribution < 1.29 is 14.3 Å². The Balaban J connectivity index is 1.64. The molecule has 2 rings (SSSR count). The summed E-state index contributed by atoms with van der Waals surface area (Å²) in [7, 11) is 1.83. The molecule has 1 heterocycles. The number of benzene rings is 1. The Hall–Kier alpha value is -2.08. The number of hydrogen-bond acceptors (Lipinski definition) is 4. The lowest BCUT2D eigenvalue weighted by Crippen LogP contribution is -2.50. The summed E-state index contributed by atoms with van der Waals surface area (Å²) in [6, 6.07) is 9.85. The van der Waals surface area contributed by atoms with Gasteiger partial charge in [0.15, 0.2) is 0 Å². The lowest BCUT2D eigenvalue weighted by molar-refractivity contribution is -0.131. The summed E-state index contributed by atoms with van der Waals surface area (Å²) in [6.07, 6.45) is 2.79. The highest BCUT2D eigenvalue weighted by Gasteiger charge is 2.23. The third-order valence-corrected chi connectivity index (χ3v) is 4.35. The average Bonchev–Trinajstić information content (AvgIpc) is 2.59. The van der Waals surface area contributed by atoms with Gasteiger partial charge in [0.2, 0.25) is 11.8 Å². The van der Waals surface area contributed by atoms with E-state index in [0.29, 0.717) is 19.7 Å². The van der Waals surface area contributed by atoms with Gasteiger partial charge in [-0.15, -0.1) is 0 Å². The van der Waals surface area contributed by atoms with Crippen LogP contribution < -0.4 is 10.1 Å². The molecular formula is C19H29N3O3. The van der Waals surface area contributed by atoms with Gasteiger partial charge in [0.05, 0.1) is 13.2 Å². The number of hydrogen-bond donors (Lipinski definition) is 1. The second kappa shape index (κ2) is 10.0. The van der Waals surface area contributed by atoms with E-state index in [1.165, 1.54) is 6.92 Å². The number of piperidine rings is 1. The SMILES string of the molecule is CC(=O)NC1CCCN(CC(=O)N(C)CCCOc2ccccc2)C1. The van der Waals surface area contributed by atoms with Crippen molar-refractivity contribution in [1.82, 2.24) is 15.1 Å². The van der Waals surface area contributed by atoms with Crippen molar-refractivity contribution in [3.63, 3.8) is 0 Å². The average molecular weight is 347 g/mol. The van der Waals surface area contributed by atoms with Crippen LogP contribution in [0, 0.1) is 0 Å². The fourth-order valence-corrected chi connectivity index (χ4v) is 3.05. The number of rotatable bonds is 8. The third-order valence-electron chi connectivity index (χ3n) is 4.35. The first-order valence-electron chi connectivity index (χ1n) is 8.96. The predicted octanol–water partition coefficient (Wildman–Crippen LogP) is 1.51. The van der Waals surface area contributed by atoms with Crippen LogP contribution in [-0.4, -0.2) is 67.5 Å². The summed E-state index contributed by atoms with van der Waals surface area (Å²) in [5.74, 6) is 0.964. The molecule has 6 heteroatoms. The minimum Gasteiger partial charge on any atom is -0.494 e. The molecule has 2 amide bonds. The maximum absolute atomic E-state index is 12.4. The van der Waals surface area contributed by atoms with Crippen molar-refractivity contribution in [3.05, 3.63) is 30.3 Å². The fourth-order valence-electron chi connectivity index (χ4n) is 3.05. The van der Waals surface area contributed by atoms with Crippen LogP contribution in [0.15, 0.2) is 30.3 Å². The molecule has 0 radical (unpaired) electrons. The van der Waals surface area contributed by atoms with E-state index >= 15 is 0 Å². The molecule has 25 heavy (non-hydrogen) atoms. The molecule has 138 valence electrons. The molecule has 6 nitrogen and oxygen atoms in total. The Kier molecular flexibility index (Phi) is 7.73. The van der Waals surface area contributed by atoms with Crippen LogP contribution in [0.4, 0.5) is 0 Å². The molecule has 0 aliphatic carbocycles. The molecule has 1 fully saturated rings. The predicted molar refractivity (Wildman–Crippen MR) is 97.5 cm³/mol. The van der Waals surface area contributed by atoms with Crippen LogP contribution in [0.3, 0.4) is 0 Å². The van der Waals surface area contributed by atoms with Crippen LogP contribution in [0.1, 0.15) is 26.2 Å². The maximum atomic E-state index is 12.4. The Morgan fingerprint density at radius 3 is 2.80 bits per heavy atom. The van der Waals surface area contributed by atoms with E-state index in [1.54, 1.807) is 4.90 Å². The highest BCUT2D eigenvalue weighted by molar-refractivity contribution is 5.78. The molecule has 0 spiro atoms. The summed E-state index contributed by atoms with van der Waals surface area (Å²) in [4.78, 5) is 27.4. The number of nitrogens with one attached hydrogen (secondary N) is 1. The van der Waals surface area contributed by atoms with E-state index in [1.807, 2.05) is 37.4 Å². The second-order valence-electron chi connectivity index (χ2n) is 6.61. The minimum atomic E-state index is -0.00582. The van der Waals surface area contributed by atoms with Crippen LogP contribution >= 0.6 is 0 Å². The summed E-state index contributed by atoms with van der Waals surface area (Å²) < 4.78 is 5.65. The van der Waals surface area contributed by atoms with E-state index in [0.717, 1.165) is 38.1 Å². The highest BCUT2D eigenvalue weighted by atomic mass is 16.5. The van der Waals surface area contributed by atoms with Gasteiger partial charge in [0.1, 0.15) is 5.75 Å². The van der Waals surface area contributed by atoms with Gasteiger partial charge in [0, 0.05) is 33.1 Å². The van der Waals surface area contributed by atoms with Crippen LogP contribution in [-0.2, 0) is 9.59 Å². The Morgan fingerprint density at radius 1 is 1.32 bits per heavy atom. The third kappa shape index (κ3) is 7.13. The molecule has 0 bridgehead atoms. The van der Waals surface area contributed by atoms with Gasteiger partial charge in [-0.25, -0.2) is 0 Å². The molecular weight excluding hydrogens is 318 g/mol. The molecule has 1 aromatic rings. The normalized spacial score (nSPS) is 17.8. The fraction of sp³-hybridized carbons (Fsp3) is 0.579. The molecule has 1 saturated heterocycles. The minimum absolute atomic E-state index is 0.00582. The molecule has 1 aliphatic rings. The molecule has 1 unspecified atom stereocenters. The highest BCUT2D eigenvalue weighted by Crippen LogP contribution is 2.11. The lowest BCUT2D eigenvalue weighted by Gasteiger charge is -2.33. The number of amides is 2.